The average molecular weight is 370 g/mol. The highest BCUT2D eigenvalue weighted by Crippen LogP contribution is 2.32. The molecule has 0 aromatic heterocycles. The Labute approximate surface area is 164 Å². The molecule has 0 bridgehead atoms. The number of aliphatic imine (C=N–C) groups is 1. The Hall–Kier alpha value is -3.40. The Morgan fingerprint density at radius 3 is 2.46 bits per heavy atom. The van der Waals surface area contributed by atoms with Crippen LogP contribution in [0.15, 0.2) is 71.7 Å². The standard InChI is InChI=1S/C24H22N2O2/c1-15(2)19-13-8-16(3)14-22(19)28-18-11-9-17(10-12-18)25-23-20-6-4-5-7-21(20)26-24(23)27/h4-15H,1-3H3,(H,25,26,27). The molecule has 28 heavy (non-hydrogen) atoms. The number of amides is 1. The second kappa shape index (κ2) is 7.31. The van der Waals surface area contributed by atoms with Crippen molar-refractivity contribution in [3.05, 3.63) is 83.4 Å². The average Bonchev–Trinajstić information content (AvgIpc) is 2.98. The van der Waals surface area contributed by atoms with Gasteiger partial charge in [0.15, 0.2) is 0 Å². The minimum atomic E-state index is -0.178. The van der Waals surface area contributed by atoms with E-state index in [9.17, 15) is 4.79 Å². The van der Waals surface area contributed by atoms with Gasteiger partial charge in [-0.3, -0.25) is 4.79 Å². The van der Waals surface area contributed by atoms with Gasteiger partial charge >= 0.3 is 0 Å². The number of benzene rings is 3. The van der Waals surface area contributed by atoms with Crippen molar-refractivity contribution in [2.45, 2.75) is 26.7 Å². The van der Waals surface area contributed by atoms with E-state index in [1.807, 2.05) is 48.5 Å². The Morgan fingerprint density at radius 1 is 0.964 bits per heavy atom. The van der Waals surface area contributed by atoms with Crippen LogP contribution in [0.2, 0.25) is 0 Å². The molecule has 3 aromatic rings. The largest absolute Gasteiger partial charge is 0.457 e. The van der Waals surface area contributed by atoms with E-state index >= 15 is 0 Å². The van der Waals surface area contributed by atoms with Crippen molar-refractivity contribution >= 4 is 23.0 Å². The van der Waals surface area contributed by atoms with Gasteiger partial charge in [0.1, 0.15) is 17.2 Å². The third-order valence-electron chi connectivity index (χ3n) is 4.74. The van der Waals surface area contributed by atoms with Crippen molar-refractivity contribution < 1.29 is 9.53 Å². The lowest BCUT2D eigenvalue weighted by molar-refractivity contribution is -0.110. The van der Waals surface area contributed by atoms with Crippen LogP contribution in [0.3, 0.4) is 0 Å². The SMILES string of the molecule is Cc1ccc(C(C)C)c(Oc2ccc(N=C3C(=O)Nc4ccccc43)cc2)c1. The lowest BCUT2D eigenvalue weighted by atomic mass is 10.0. The summed E-state index contributed by atoms with van der Waals surface area (Å²) in [6.45, 7) is 6.36. The quantitative estimate of drug-likeness (QED) is 0.614. The molecule has 0 unspecified atom stereocenters. The molecule has 1 heterocycles. The van der Waals surface area contributed by atoms with Gasteiger partial charge in [0.25, 0.3) is 5.91 Å². The van der Waals surface area contributed by atoms with Crippen LogP contribution in [0, 0.1) is 6.92 Å². The second-order valence-electron chi connectivity index (χ2n) is 7.25. The highest BCUT2D eigenvalue weighted by molar-refractivity contribution is 6.54. The number of fused-ring (bicyclic) bond motifs is 1. The molecule has 3 aromatic carbocycles. The van der Waals surface area contributed by atoms with E-state index < -0.39 is 0 Å². The summed E-state index contributed by atoms with van der Waals surface area (Å²) in [6.07, 6.45) is 0. The molecule has 0 fully saturated rings. The number of aryl methyl sites for hydroxylation is 1. The van der Waals surface area contributed by atoms with Gasteiger partial charge in [0.2, 0.25) is 0 Å². The van der Waals surface area contributed by atoms with Gasteiger partial charge in [-0.05, 0) is 60.4 Å². The van der Waals surface area contributed by atoms with Gasteiger partial charge in [-0.1, -0.05) is 44.2 Å². The Morgan fingerprint density at radius 2 is 1.71 bits per heavy atom. The Balaban J connectivity index is 1.59. The minimum absolute atomic E-state index is 0.178. The molecule has 1 N–H and O–H groups in total. The van der Waals surface area contributed by atoms with Gasteiger partial charge in [-0.15, -0.1) is 0 Å². The fourth-order valence-electron chi connectivity index (χ4n) is 3.27. The number of rotatable bonds is 4. The number of nitrogens with one attached hydrogen (secondary N) is 1. The first kappa shape index (κ1) is 18.0. The van der Waals surface area contributed by atoms with Crippen LogP contribution in [0.25, 0.3) is 0 Å². The highest BCUT2D eigenvalue weighted by atomic mass is 16.5. The van der Waals surface area contributed by atoms with E-state index in [4.69, 9.17) is 4.74 Å². The van der Waals surface area contributed by atoms with Gasteiger partial charge in [-0.25, -0.2) is 4.99 Å². The first-order valence-corrected chi connectivity index (χ1v) is 9.39. The number of para-hydroxylation sites is 1. The second-order valence-corrected chi connectivity index (χ2v) is 7.25. The number of nitrogens with zero attached hydrogens (tertiary/aromatic N) is 1. The molecular formula is C24H22N2O2. The maximum atomic E-state index is 12.2. The summed E-state index contributed by atoms with van der Waals surface area (Å²) >= 11 is 0. The molecule has 1 aliphatic rings. The summed E-state index contributed by atoms with van der Waals surface area (Å²) < 4.78 is 6.13. The molecule has 0 spiro atoms. The predicted molar refractivity (Wildman–Crippen MR) is 113 cm³/mol. The van der Waals surface area contributed by atoms with Gasteiger partial charge in [-0.2, -0.15) is 0 Å². The van der Waals surface area contributed by atoms with E-state index in [0.717, 1.165) is 28.3 Å². The van der Waals surface area contributed by atoms with Crippen molar-refractivity contribution in [3.8, 4) is 11.5 Å². The molecule has 4 nitrogen and oxygen atoms in total. The summed E-state index contributed by atoms with van der Waals surface area (Å²) in [4.78, 5) is 16.7. The summed E-state index contributed by atoms with van der Waals surface area (Å²) in [5, 5.41) is 2.84. The van der Waals surface area contributed by atoms with Crippen LogP contribution < -0.4 is 10.1 Å². The fraction of sp³-hybridized carbons (Fsp3) is 0.167. The van der Waals surface area contributed by atoms with Gasteiger partial charge < -0.3 is 10.1 Å². The maximum Gasteiger partial charge on any atom is 0.275 e. The summed E-state index contributed by atoms with van der Waals surface area (Å²) in [6, 6.07) is 21.3. The summed E-state index contributed by atoms with van der Waals surface area (Å²) in [5.74, 6) is 1.82. The lowest BCUT2D eigenvalue weighted by Gasteiger charge is -2.14. The molecule has 0 saturated carbocycles. The number of hydrogen-bond acceptors (Lipinski definition) is 3. The fourth-order valence-corrected chi connectivity index (χ4v) is 3.27. The zero-order chi connectivity index (χ0) is 19.7. The van der Waals surface area contributed by atoms with Gasteiger partial charge in [0, 0.05) is 5.56 Å². The number of carbonyl (C=O) groups is 1. The molecule has 1 amide bonds. The van der Waals surface area contributed by atoms with E-state index in [2.05, 4.69) is 49.3 Å². The Bertz CT molecular complexity index is 1070. The molecule has 4 heteroatoms. The minimum Gasteiger partial charge on any atom is -0.457 e. The zero-order valence-electron chi connectivity index (χ0n) is 16.2. The van der Waals surface area contributed by atoms with Crippen LogP contribution in [-0.2, 0) is 4.79 Å². The van der Waals surface area contributed by atoms with Crippen molar-refractivity contribution in [1.82, 2.24) is 0 Å². The van der Waals surface area contributed by atoms with Crippen molar-refractivity contribution in [3.63, 3.8) is 0 Å². The summed E-state index contributed by atoms with van der Waals surface area (Å²) in [7, 11) is 0. The number of hydrogen-bond donors (Lipinski definition) is 1. The predicted octanol–water partition coefficient (Wildman–Crippen LogP) is 5.98. The number of carbonyl (C=O) groups excluding carboxylic acids is 1. The topological polar surface area (TPSA) is 50.7 Å². The van der Waals surface area contributed by atoms with Gasteiger partial charge in [0.05, 0.1) is 11.4 Å². The molecule has 140 valence electrons. The normalized spacial score (nSPS) is 14.3. The van der Waals surface area contributed by atoms with Crippen LogP contribution in [0.4, 0.5) is 11.4 Å². The van der Waals surface area contributed by atoms with Crippen LogP contribution in [-0.4, -0.2) is 11.6 Å². The van der Waals surface area contributed by atoms with Crippen molar-refractivity contribution in [2.75, 3.05) is 5.32 Å². The smallest absolute Gasteiger partial charge is 0.275 e. The molecule has 0 aliphatic carbocycles. The van der Waals surface area contributed by atoms with E-state index in [0.29, 0.717) is 17.3 Å². The first-order chi connectivity index (χ1) is 13.5. The third-order valence-corrected chi connectivity index (χ3v) is 4.74. The molecule has 0 saturated heterocycles. The molecule has 0 radical (unpaired) electrons. The summed E-state index contributed by atoms with van der Waals surface area (Å²) in [5.41, 5.74) is 5.11. The molecule has 0 atom stereocenters. The van der Waals surface area contributed by atoms with E-state index in [-0.39, 0.29) is 5.91 Å². The lowest BCUT2D eigenvalue weighted by Crippen LogP contribution is -2.13. The van der Waals surface area contributed by atoms with E-state index in [1.165, 1.54) is 5.56 Å². The molecular weight excluding hydrogens is 348 g/mol. The Kier molecular flexibility index (Phi) is 4.70. The monoisotopic (exact) mass is 370 g/mol. The number of ether oxygens (including phenoxy) is 1. The molecule has 1 aliphatic heterocycles. The zero-order valence-corrected chi connectivity index (χ0v) is 16.2. The number of anilines is 1. The highest BCUT2D eigenvalue weighted by Gasteiger charge is 2.25. The first-order valence-electron chi connectivity index (χ1n) is 9.39. The maximum absolute atomic E-state index is 12.2. The molecule has 4 rings (SSSR count). The van der Waals surface area contributed by atoms with E-state index in [1.54, 1.807) is 0 Å². The van der Waals surface area contributed by atoms with Crippen LogP contribution in [0.5, 0.6) is 11.5 Å². The van der Waals surface area contributed by atoms with Crippen LogP contribution in [0.1, 0.15) is 36.5 Å². The van der Waals surface area contributed by atoms with Crippen molar-refractivity contribution in [1.29, 1.82) is 0 Å². The van der Waals surface area contributed by atoms with Crippen molar-refractivity contribution in [2.24, 2.45) is 4.99 Å². The third kappa shape index (κ3) is 3.54. The van der Waals surface area contributed by atoms with Crippen LogP contribution >= 0.6 is 0 Å².